The summed E-state index contributed by atoms with van der Waals surface area (Å²) in [7, 11) is 4.10. The van der Waals surface area contributed by atoms with Gasteiger partial charge in [0.2, 0.25) is 0 Å². The lowest BCUT2D eigenvalue weighted by Gasteiger charge is -2.25. The maximum atomic E-state index is 6.29. The molecule has 16 heavy (non-hydrogen) atoms. The van der Waals surface area contributed by atoms with Gasteiger partial charge in [0, 0.05) is 23.5 Å². The smallest absolute Gasteiger partial charge is 0.140 e. The third kappa shape index (κ3) is 2.42. The molecule has 0 saturated heterocycles. The Kier molecular flexibility index (Phi) is 3.01. The van der Waals surface area contributed by atoms with Gasteiger partial charge in [0.25, 0.3) is 0 Å². The van der Waals surface area contributed by atoms with Gasteiger partial charge in [0.1, 0.15) is 4.99 Å². The third-order valence-electron chi connectivity index (χ3n) is 2.57. The molecule has 1 heterocycles. The highest BCUT2D eigenvalue weighted by Gasteiger charge is 2.33. The molecule has 0 radical (unpaired) electrons. The van der Waals surface area contributed by atoms with E-state index < -0.39 is 4.99 Å². The molecule has 0 bridgehead atoms. The van der Waals surface area contributed by atoms with Gasteiger partial charge in [-0.3, -0.25) is 5.73 Å². The number of nitrogens with zero attached hydrogens (tertiary/aromatic N) is 1. The van der Waals surface area contributed by atoms with Crippen LogP contribution in [0, 0.1) is 0 Å². The fourth-order valence-electron chi connectivity index (χ4n) is 1.68. The average molecular weight is 238 g/mol. The normalized spacial score (nSPS) is 23.2. The molecule has 1 aliphatic rings. The highest BCUT2D eigenvalue weighted by molar-refractivity contribution is 8.01. The lowest BCUT2D eigenvalue weighted by Crippen LogP contribution is -2.43. The zero-order valence-electron chi connectivity index (χ0n) is 9.66. The summed E-state index contributed by atoms with van der Waals surface area (Å²) < 4.78 is 0. The van der Waals surface area contributed by atoms with Gasteiger partial charge < -0.3 is 16.0 Å². The molecule has 0 amide bonds. The lowest BCUT2D eigenvalue weighted by atomic mass is 10.2. The standard InChI is InChI=1S/C11H18N4S/c1-15(2)6-5-11(13)14-9-4-3-8(12)7-10(9)16-11/h3-4,7,14H,5-6,12-13H2,1-2H3. The number of fused-ring (bicyclic) bond motifs is 1. The Morgan fingerprint density at radius 2 is 2.19 bits per heavy atom. The first-order valence-electron chi connectivity index (χ1n) is 5.29. The second kappa shape index (κ2) is 4.16. The van der Waals surface area contributed by atoms with E-state index in [2.05, 4.69) is 10.2 Å². The topological polar surface area (TPSA) is 67.3 Å². The van der Waals surface area contributed by atoms with E-state index in [0.717, 1.165) is 29.2 Å². The van der Waals surface area contributed by atoms with Crippen molar-refractivity contribution < 1.29 is 0 Å². The van der Waals surface area contributed by atoms with Gasteiger partial charge in [-0.25, -0.2) is 0 Å². The average Bonchev–Trinajstić information content (AvgIpc) is 2.51. The minimum absolute atomic E-state index is 0.402. The van der Waals surface area contributed by atoms with E-state index in [1.807, 2.05) is 32.3 Å². The van der Waals surface area contributed by atoms with Gasteiger partial charge in [-0.15, -0.1) is 0 Å². The van der Waals surface area contributed by atoms with Crippen LogP contribution in [0.5, 0.6) is 0 Å². The van der Waals surface area contributed by atoms with Crippen LogP contribution in [-0.2, 0) is 0 Å². The summed E-state index contributed by atoms with van der Waals surface area (Å²) in [6, 6.07) is 5.85. The zero-order valence-corrected chi connectivity index (χ0v) is 10.5. The third-order valence-corrected chi connectivity index (χ3v) is 3.80. The van der Waals surface area contributed by atoms with E-state index in [0.29, 0.717) is 0 Å². The summed E-state index contributed by atoms with van der Waals surface area (Å²) in [5.41, 5.74) is 13.9. The van der Waals surface area contributed by atoms with Crippen molar-refractivity contribution in [1.82, 2.24) is 4.90 Å². The Bertz CT molecular complexity index is 394. The first-order chi connectivity index (χ1) is 7.48. The summed E-state index contributed by atoms with van der Waals surface area (Å²) in [4.78, 5) is 2.87. The zero-order chi connectivity index (χ0) is 11.8. The predicted molar refractivity (Wildman–Crippen MR) is 70.4 cm³/mol. The van der Waals surface area contributed by atoms with Crippen molar-refractivity contribution in [2.45, 2.75) is 16.3 Å². The van der Waals surface area contributed by atoms with Crippen molar-refractivity contribution in [3.63, 3.8) is 0 Å². The number of nitrogen functional groups attached to an aromatic ring is 1. The number of benzene rings is 1. The first-order valence-corrected chi connectivity index (χ1v) is 6.10. The van der Waals surface area contributed by atoms with Crippen LogP contribution in [0.4, 0.5) is 11.4 Å². The molecule has 5 heteroatoms. The van der Waals surface area contributed by atoms with E-state index in [9.17, 15) is 0 Å². The Morgan fingerprint density at radius 1 is 1.44 bits per heavy atom. The Balaban J connectivity index is 2.09. The Hall–Kier alpha value is -0.910. The van der Waals surface area contributed by atoms with Crippen molar-refractivity contribution in [3.8, 4) is 0 Å². The van der Waals surface area contributed by atoms with Crippen molar-refractivity contribution >= 4 is 23.1 Å². The molecule has 1 atom stereocenters. The maximum absolute atomic E-state index is 6.29. The van der Waals surface area contributed by atoms with Gasteiger partial charge in [-0.2, -0.15) is 0 Å². The molecular formula is C11H18N4S. The number of rotatable bonds is 3. The lowest BCUT2D eigenvalue weighted by molar-refractivity contribution is 0.380. The van der Waals surface area contributed by atoms with Gasteiger partial charge in [0.05, 0.1) is 5.69 Å². The molecule has 1 aliphatic heterocycles. The van der Waals surface area contributed by atoms with Crippen molar-refractivity contribution in [3.05, 3.63) is 18.2 Å². The van der Waals surface area contributed by atoms with Crippen LogP contribution in [0.15, 0.2) is 23.1 Å². The largest absolute Gasteiger partial charge is 0.399 e. The molecule has 5 N–H and O–H groups in total. The molecule has 2 rings (SSSR count). The Labute approximate surface area is 100 Å². The number of hydrogen-bond acceptors (Lipinski definition) is 5. The summed E-state index contributed by atoms with van der Waals surface area (Å²) >= 11 is 1.65. The van der Waals surface area contributed by atoms with E-state index in [1.54, 1.807) is 11.8 Å². The highest BCUT2D eigenvalue weighted by Crippen LogP contribution is 2.44. The highest BCUT2D eigenvalue weighted by atomic mass is 32.2. The summed E-state index contributed by atoms with van der Waals surface area (Å²) in [6.45, 7) is 0.958. The van der Waals surface area contributed by atoms with Crippen molar-refractivity contribution in [1.29, 1.82) is 0 Å². The number of nitrogens with two attached hydrogens (primary N) is 2. The molecular weight excluding hydrogens is 220 g/mol. The molecule has 0 aliphatic carbocycles. The maximum Gasteiger partial charge on any atom is 0.140 e. The second-order valence-electron chi connectivity index (χ2n) is 4.43. The summed E-state index contributed by atoms with van der Waals surface area (Å²) in [6.07, 6.45) is 0.888. The SMILES string of the molecule is CN(C)CCC1(N)Nc2ccc(N)cc2S1. The van der Waals surface area contributed by atoms with Crippen LogP contribution >= 0.6 is 11.8 Å². The molecule has 1 unspecified atom stereocenters. The van der Waals surface area contributed by atoms with Crippen LogP contribution in [0.25, 0.3) is 0 Å². The monoisotopic (exact) mass is 238 g/mol. The molecule has 0 fully saturated rings. The molecule has 88 valence electrons. The minimum atomic E-state index is -0.402. The van der Waals surface area contributed by atoms with E-state index in [1.165, 1.54) is 0 Å². The quantitative estimate of drug-likeness (QED) is 0.694. The Morgan fingerprint density at radius 3 is 2.88 bits per heavy atom. The number of nitrogens with one attached hydrogen (secondary N) is 1. The first kappa shape index (κ1) is 11.6. The molecule has 0 spiro atoms. The fraction of sp³-hybridized carbons (Fsp3) is 0.455. The molecule has 4 nitrogen and oxygen atoms in total. The van der Waals surface area contributed by atoms with Crippen LogP contribution < -0.4 is 16.8 Å². The van der Waals surface area contributed by atoms with Crippen LogP contribution in [0.1, 0.15) is 6.42 Å². The molecule has 1 aromatic rings. The molecule has 0 aromatic heterocycles. The minimum Gasteiger partial charge on any atom is -0.399 e. The van der Waals surface area contributed by atoms with E-state index >= 15 is 0 Å². The number of hydrogen-bond donors (Lipinski definition) is 3. The predicted octanol–water partition coefficient (Wildman–Crippen LogP) is 1.35. The van der Waals surface area contributed by atoms with E-state index in [-0.39, 0.29) is 0 Å². The fourth-order valence-corrected chi connectivity index (χ4v) is 2.85. The van der Waals surface area contributed by atoms with Crippen molar-refractivity contribution in [2.24, 2.45) is 5.73 Å². The molecule has 1 aromatic carbocycles. The van der Waals surface area contributed by atoms with Gasteiger partial charge in [0.15, 0.2) is 0 Å². The summed E-state index contributed by atoms with van der Waals surface area (Å²) in [5.74, 6) is 0. The number of thioether (sulfide) groups is 1. The van der Waals surface area contributed by atoms with Crippen LogP contribution in [-0.4, -0.2) is 30.5 Å². The van der Waals surface area contributed by atoms with Gasteiger partial charge >= 0.3 is 0 Å². The van der Waals surface area contributed by atoms with Crippen LogP contribution in [0.3, 0.4) is 0 Å². The second-order valence-corrected chi connectivity index (χ2v) is 5.80. The van der Waals surface area contributed by atoms with Crippen LogP contribution in [0.2, 0.25) is 0 Å². The summed E-state index contributed by atoms with van der Waals surface area (Å²) in [5, 5.41) is 3.35. The van der Waals surface area contributed by atoms with Crippen molar-refractivity contribution in [2.75, 3.05) is 31.7 Å². The van der Waals surface area contributed by atoms with E-state index in [4.69, 9.17) is 11.5 Å². The van der Waals surface area contributed by atoms with Gasteiger partial charge in [-0.1, -0.05) is 11.8 Å². The molecule has 0 saturated carbocycles. The number of anilines is 2. The van der Waals surface area contributed by atoms with Gasteiger partial charge in [-0.05, 0) is 32.3 Å².